The molecule has 0 heterocycles. The SMILES string of the molecule is [O]CCCCCCCCOC=O. The zero-order valence-electron chi connectivity index (χ0n) is 7.46. The molecule has 0 aromatic carbocycles. The Bertz CT molecular complexity index is 93.8. The lowest BCUT2D eigenvalue weighted by Crippen LogP contribution is -1.91. The van der Waals surface area contributed by atoms with E-state index in [-0.39, 0.29) is 6.61 Å². The van der Waals surface area contributed by atoms with Crippen molar-refractivity contribution in [2.75, 3.05) is 13.2 Å². The second kappa shape index (κ2) is 10.4. The van der Waals surface area contributed by atoms with Gasteiger partial charge in [0.15, 0.2) is 0 Å². The third kappa shape index (κ3) is 9.43. The largest absolute Gasteiger partial charge is 0.468 e. The van der Waals surface area contributed by atoms with Gasteiger partial charge in [-0.05, 0) is 12.8 Å². The van der Waals surface area contributed by atoms with Crippen LogP contribution in [0.25, 0.3) is 0 Å². The highest BCUT2D eigenvalue weighted by atomic mass is 16.5. The average molecular weight is 173 g/mol. The Hall–Kier alpha value is -0.570. The molecule has 1 radical (unpaired) electrons. The standard InChI is InChI=1S/C9H17O3/c10-7-5-3-1-2-4-6-8-12-9-11/h9H,1-8H2. The first-order valence-corrected chi connectivity index (χ1v) is 4.55. The first kappa shape index (κ1) is 11.4. The van der Waals surface area contributed by atoms with E-state index in [1.165, 1.54) is 0 Å². The zero-order valence-corrected chi connectivity index (χ0v) is 7.46. The van der Waals surface area contributed by atoms with Gasteiger partial charge in [0.2, 0.25) is 0 Å². The molecule has 71 valence electrons. The Balaban J connectivity index is 2.77. The molecule has 0 fully saturated rings. The Labute approximate surface area is 73.7 Å². The van der Waals surface area contributed by atoms with Crippen molar-refractivity contribution in [1.82, 2.24) is 0 Å². The third-order valence-electron chi connectivity index (χ3n) is 1.72. The van der Waals surface area contributed by atoms with Crippen molar-refractivity contribution >= 4 is 6.47 Å². The van der Waals surface area contributed by atoms with Crippen molar-refractivity contribution in [3.05, 3.63) is 0 Å². The van der Waals surface area contributed by atoms with Crippen molar-refractivity contribution < 1.29 is 14.6 Å². The summed E-state index contributed by atoms with van der Waals surface area (Å²) in [6.45, 7) is 1.07. The summed E-state index contributed by atoms with van der Waals surface area (Å²) in [5.41, 5.74) is 0. The summed E-state index contributed by atoms with van der Waals surface area (Å²) in [5.74, 6) is 0. The fourth-order valence-corrected chi connectivity index (χ4v) is 1.04. The molecule has 0 bridgehead atoms. The summed E-state index contributed by atoms with van der Waals surface area (Å²) in [6, 6.07) is 0. The van der Waals surface area contributed by atoms with E-state index in [9.17, 15) is 9.90 Å². The lowest BCUT2D eigenvalue weighted by molar-refractivity contribution is -0.128. The van der Waals surface area contributed by atoms with Crippen molar-refractivity contribution in [1.29, 1.82) is 0 Å². The summed E-state index contributed by atoms with van der Waals surface area (Å²) < 4.78 is 4.53. The fraction of sp³-hybridized carbons (Fsp3) is 0.889. The molecule has 0 unspecified atom stereocenters. The molecule has 0 aliphatic rings. The maximum atomic E-state index is 10.0. The summed E-state index contributed by atoms with van der Waals surface area (Å²) in [5, 5.41) is 10.0. The van der Waals surface area contributed by atoms with Crippen LogP contribution < -0.4 is 0 Å². The average Bonchev–Trinajstić information content (AvgIpc) is 2.10. The van der Waals surface area contributed by atoms with E-state index >= 15 is 0 Å². The van der Waals surface area contributed by atoms with E-state index < -0.39 is 0 Å². The molecule has 0 saturated carbocycles. The van der Waals surface area contributed by atoms with Crippen LogP contribution in [0.15, 0.2) is 0 Å². The number of ether oxygens (including phenoxy) is 1. The zero-order chi connectivity index (χ0) is 9.07. The monoisotopic (exact) mass is 173 g/mol. The number of unbranched alkanes of at least 4 members (excludes halogenated alkanes) is 5. The molecule has 0 saturated heterocycles. The molecule has 0 N–H and O–H groups in total. The van der Waals surface area contributed by atoms with Gasteiger partial charge in [-0.2, -0.15) is 0 Å². The molecule has 0 aliphatic carbocycles. The molecule has 0 aromatic heterocycles. The smallest absolute Gasteiger partial charge is 0.293 e. The van der Waals surface area contributed by atoms with E-state index in [1.54, 1.807) is 0 Å². The van der Waals surface area contributed by atoms with Crippen molar-refractivity contribution in [3.63, 3.8) is 0 Å². The molecule has 0 amide bonds. The fourth-order valence-electron chi connectivity index (χ4n) is 1.04. The van der Waals surface area contributed by atoms with Crippen LogP contribution in [0.5, 0.6) is 0 Å². The predicted octanol–water partition coefficient (Wildman–Crippen LogP) is 1.93. The summed E-state index contributed by atoms with van der Waals surface area (Å²) >= 11 is 0. The second-order valence-electron chi connectivity index (χ2n) is 2.79. The van der Waals surface area contributed by atoms with E-state index in [1.807, 2.05) is 0 Å². The van der Waals surface area contributed by atoms with Gasteiger partial charge in [0, 0.05) is 0 Å². The van der Waals surface area contributed by atoms with Gasteiger partial charge >= 0.3 is 0 Å². The van der Waals surface area contributed by atoms with Crippen LogP contribution >= 0.6 is 0 Å². The number of hydrogen-bond acceptors (Lipinski definition) is 2. The van der Waals surface area contributed by atoms with E-state index in [2.05, 4.69) is 4.74 Å². The van der Waals surface area contributed by atoms with Crippen molar-refractivity contribution in [2.45, 2.75) is 38.5 Å². The Morgan fingerprint density at radius 1 is 0.917 bits per heavy atom. The van der Waals surface area contributed by atoms with Crippen LogP contribution in [0.1, 0.15) is 38.5 Å². The lowest BCUT2D eigenvalue weighted by Gasteiger charge is -1.99. The molecule has 3 nitrogen and oxygen atoms in total. The van der Waals surface area contributed by atoms with Gasteiger partial charge in [0.05, 0.1) is 13.2 Å². The van der Waals surface area contributed by atoms with Gasteiger partial charge in [-0.1, -0.05) is 25.7 Å². The van der Waals surface area contributed by atoms with Gasteiger partial charge in [-0.25, -0.2) is 5.11 Å². The first-order chi connectivity index (χ1) is 5.91. The lowest BCUT2D eigenvalue weighted by atomic mass is 10.1. The molecule has 0 rings (SSSR count). The van der Waals surface area contributed by atoms with Crippen molar-refractivity contribution in [3.8, 4) is 0 Å². The van der Waals surface area contributed by atoms with Crippen LogP contribution in [0.4, 0.5) is 0 Å². The molecule has 3 heteroatoms. The summed E-state index contributed by atoms with van der Waals surface area (Å²) in [4.78, 5) is 9.72. The first-order valence-electron chi connectivity index (χ1n) is 4.55. The number of rotatable bonds is 9. The van der Waals surface area contributed by atoms with Gasteiger partial charge in [0.1, 0.15) is 0 Å². The van der Waals surface area contributed by atoms with Gasteiger partial charge in [-0.15, -0.1) is 0 Å². The molecular weight excluding hydrogens is 156 g/mol. The highest BCUT2D eigenvalue weighted by molar-refractivity contribution is 5.36. The third-order valence-corrected chi connectivity index (χ3v) is 1.72. The molecular formula is C9H17O3. The van der Waals surface area contributed by atoms with Crippen LogP contribution in [-0.2, 0) is 14.6 Å². The van der Waals surface area contributed by atoms with Crippen molar-refractivity contribution in [2.24, 2.45) is 0 Å². The quantitative estimate of drug-likeness (QED) is 0.395. The van der Waals surface area contributed by atoms with E-state index in [0.29, 0.717) is 13.1 Å². The minimum atomic E-state index is 0.0499. The Morgan fingerprint density at radius 3 is 2.08 bits per heavy atom. The van der Waals surface area contributed by atoms with Gasteiger partial charge in [0.25, 0.3) is 6.47 Å². The highest BCUT2D eigenvalue weighted by Gasteiger charge is 1.90. The van der Waals surface area contributed by atoms with Crippen LogP contribution in [0, 0.1) is 0 Å². The van der Waals surface area contributed by atoms with E-state index in [4.69, 9.17) is 0 Å². The van der Waals surface area contributed by atoms with Gasteiger partial charge in [-0.3, -0.25) is 4.79 Å². The minimum Gasteiger partial charge on any atom is -0.468 e. The van der Waals surface area contributed by atoms with Crippen LogP contribution in [-0.4, -0.2) is 19.7 Å². The minimum absolute atomic E-state index is 0.0499. The maximum absolute atomic E-state index is 10.0. The summed E-state index contributed by atoms with van der Waals surface area (Å²) in [7, 11) is 0. The Morgan fingerprint density at radius 2 is 1.50 bits per heavy atom. The summed E-state index contributed by atoms with van der Waals surface area (Å²) in [6.07, 6.45) is 6.14. The number of carbonyl (C=O) groups excluding carboxylic acids is 1. The van der Waals surface area contributed by atoms with Crippen LogP contribution in [0.3, 0.4) is 0 Å². The number of hydrogen-bond donors (Lipinski definition) is 0. The molecule has 12 heavy (non-hydrogen) atoms. The second-order valence-corrected chi connectivity index (χ2v) is 2.79. The normalized spacial score (nSPS) is 9.75. The topological polar surface area (TPSA) is 46.2 Å². The molecule has 0 atom stereocenters. The number of carbonyl (C=O) groups is 1. The van der Waals surface area contributed by atoms with E-state index in [0.717, 1.165) is 38.5 Å². The van der Waals surface area contributed by atoms with Gasteiger partial charge < -0.3 is 4.74 Å². The molecule has 0 aromatic rings. The highest BCUT2D eigenvalue weighted by Crippen LogP contribution is 2.04. The molecule has 0 spiro atoms. The van der Waals surface area contributed by atoms with Crippen LogP contribution in [0.2, 0.25) is 0 Å². The maximum Gasteiger partial charge on any atom is 0.293 e. The Kier molecular flexibility index (Phi) is 9.93. The predicted molar refractivity (Wildman–Crippen MR) is 45.3 cm³/mol. The molecule has 0 aliphatic heterocycles.